The Balaban J connectivity index is 1.58. The molecular formula is C20H11N7S2. The molecule has 2 aromatic heterocycles. The topological polar surface area (TPSA) is 110 Å². The summed E-state index contributed by atoms with van der Waals surface area (Å²) in [6, 6.07) is 23.4. The maximum Gasteiger partial charge on any atom is 0.207 e. The summed E-state index contributed by atoms with van der Waals surface area (Å²) in [4.78, 5) is 1.49. The molecule has 1 N–H and O–H groups in total. The number of aromatic nitrogens is 2. The molecule has 2 aromatic carbocycles. The van der Waals surface area contributed by atoms with E-state index in [2.05, 4.69) is 36.6 Å². The van der Waals surface area contributed by atoms with Crippen molar-refractivity contribution < 1.29 is 0 Å². The van der Waals surface area contributed by atoms with Gasteiger partial charge in [-0.15, -0.1) is 5.11 Å². The molecule has 0 spiro atoms. The number of hydrogen-bond acceptors (Lipinski definition) is 8. The first kappa shape index (κ1) is 18.4. The van der Waals surface area contributed by atoms with Crippen LogP contribution in [0.4, 0.5) is 11.6 Å². The van der Waals surface area contributed by atoms with Crippen LogP contribution in [0.25, 0.3) is 20.9 Å². The summed E-state index contributed by atoms with van der Waals surface area (Å²) >= 11 is 2.40. The molecule has 0 bridgehead atoms. The highest BCUT2D eigenvalue weighted by Crippen LogP contribution is 2.35. The van der Waals surface area contributed by atoms with E-state index in [-0.39, 0.29) is 5.82 Å². The van der Waals surface area contributed by atoms with E-state index in [0.717, 1.165) is 20.9 Å². The van der Waals surface area contributed by atoms with Crippen LogP contribution in [-0.2, 0) is 0 Å². The van der Waals surface area contributed by atoms with Gasteiger partial charge in [0.1, 0.15) is 23.3 Å². The summed E-state index contributed by atoms with van der Waals surface area (Å²) in [7, 11) is 0. The Morgan fingerprint density at radius 2 is 1.31 bits per heavy atom. The third-order valence-corrected chi connectivity index (χ3v) is 5.75. The molecule has 138 valence electrons. The Morgan fingerprint density at radius 3 is 1.90 bits per heavy atom. The molecule has 0 radical (unpaired) electrons. The molecule has 0 amide bonds. The predicted octanol–water partition coefficient (Wildman–Crippen LogP) is 5.79. The summed E-state index contributed by atoms with van der Waals surface area (Å²) in [6.45, 7) is 0. The number of nitrogens with zero attached hydrogens (tertiary/aromatic N) is 6. The van der Waals surface area contributed by atoms with E-state index in [1.165, 1.54) is 23.1 Å². The van der Waals surface area contributed by atoms with Crippen molar-refractivity contribution in [3.63, 3.8) is 0 Å². The van der Waals surface area contributed by atoms with Gasteiger partial charge < -0.3 is 0 Å². The molecule has 0 fully saturated rings. The fraction of sp³-hybridized carbons (Fsp3) is 0. The first-order chi connectivity index (χ1) is 14.3. The Morgan fingerprint density at radius 1 is 0.759 bits per heavy atom. The predicted molar refractivity (Wildman–Crippen MR) is 113 cm³/mol. The second-order valence-electron chi connectivity index (χ2n) is 5.71. The van der Waals surface area contributed by atoms with E-state index in [9.17, 15) is 10.5 Å². The highest BCUT2D eigenvalue weighted by Gasteiger charge is 2.16. The van der Waals surface area contributed by atoms with Crippen molar-refractivity contribution in [3.05, 3.63) is 71.8 Å². The van der Waals surface area contributed by atoms with Gasteiger partial charge in [-0.3, -0.25) is 0 Å². The number of hydrogen-bond donors (Lipinski definition) is 1. The molecule has 0 aliphatic rings. The zero-order valence-electron chi connectivity index (χ0n) is 14.8. The third kappa shape index (κ3) is 3.73. The lowest BCUT2D eigenvalue weighted by Crippen LogP contribution is -1.90. The number of nitrogens with one attached hydrogen (secondary N) is 1. The fourth-order valence-corrected chi connectivity index (χ4v) is 4.18. The van der Waals surface area contributed by atoms with Gasteiger partial charge in [0.15, 0.2) is 5.82 Å². The van der Waals surface area contributed by atoms with Gasteiger partial charge in [0.05, 0.1) is 9.75 Å². The lowest BCUT2D eigenvalue weighted by Gasteiger charge is -1.97. The van der Waals surface area contributed by atoms with Gasteiger partial charge in [-0.25, -0.2) is 5.43 Å². The molecule has 0 saturated heterocycles. The molecule has 2 heterocycles. The average molecular weight is 413 g/mol. The number of rotatable bonds is 5. The van der Waals surface area contributed by atoms with Crippen molar-refractivity contribution in [3.8, 4) is 33.0 Å². The summed E-state index contributed by atoms with van der Waals surface area (Å²) in [5, 5.41) is 27.0. The molecule has 7 nitrogen and oxygen atoms in total. The molecule has 4 rings (SSSR count). The van der Waals surface area contributed by atoms with Gasteiger partial charge in [0.25, 0.3) is 0 Å². The molecule has 4 aromatic rings. The van der Waals surface area contributed by atoms with Crippen LogP contribution in [0, 0.1) is 22.7 Å². The van der Waals surface area contributed by atoms with Crippen LogP contribution >= 0.6 is 23.1 Å². The van der Waals surface area contributed by atoms with Gasteiger partial charge in [0, 0.05) is 0 Å². The molecule has 0 atom stereocenters. The van der Waals surface area contributed by atoms with Gasteiger partial charge in [-0.2, -0.15) is 19.3 Å². The second-order valence-corrected chi connectivity index (χ2v) is 7.26. The van der Waals surface area contributed by atoms with E-state index in [4.69, 9.17) is 0 Å². The Kier molecular flexibility index (Phi) is 5.34. The first-order valence-corrected chi connectivity index (χ1v) is 9.93. The Labute approximate surface area is 174 Å². The zero-order valence-corrected chi connectivity index (χ0v) is 16.4. The second kappa shape index (κ2) is 8.40. The van der Waals surface area contributed by atoms with Crippen molar-refractivity contribution in [2.45, 2.75) is 0 Å². The van der Waals surface area contributed by atoms with Crippen molar-refractivity contribution in [2.24, 2.45) is 10.3 Å². The summed E-state index contributed by atoms with van der Waals surface area (Å²) < 4.78 is 8.49. The van der Waals surface area contributed by atoms with Gasteiger partial charge in [-0.1, -0.05) is 65.9 Å². The third-order valence-electron chi connectivity index (χ3n) is 3.96. The lowest BCUT2D eigenvalue weighted by atomic mass is 10.1. The van der Waals surface area contributed by atoms with Crippen LogP contribution in [0.1, 0.15) is 11.1 Å². The van der Waals surface area contributed by atoms with E-state index < -0.39 is 0 Å². The van der Waals surface area contributed by atoms with Gasteiger partial charge in [0.2, 0.25) is 5.82 Å². The quantitative estimate of drug-likeness (QED) is 0.329. The molecule has 29 heavy (non-hydrogen) atoms. The van der Waals surface area contributed by atoms with Crippen molar-refractivity contribution in [1.82, 2.24) is 8.75 Å². The van der Waals surface area contributed by atoms with E-state index in [0.29, 0.717) is 16.9 Å². The normalized spacial score (nSPS) is 10.6. The van der Waals surface area contributed by atoms with Crippen molar-refractivity contribution in [1.29, 1.82) is 10.5 Å². The van der Waals surface area contributed by atoms with E-state index in [1.807, 2.05) is 60.7 Å². The zero-order chi connectivity index (χ0) is 20.1. The van der Waals surface area contributed by atoms with Gasteiger partial charge in [-0.05, 0) is 34.2 Å². The monoisotopic (exact) mass is 413 g/mol. The fourth-order valence-electron chi connectivity index (χ4n) is 2.61. The summed E-state index contributed by atoms with van der Waals surface area (Å²) in [6.07, 6.45) is 0. The molecule has 0 aliphatic heterocycles. The largest absolute Gasteiger partial charge is 0.240 e. The molecule has 0 saturated carbocycles. The molecule has 0 aliphatic carbocycles. The molecular weight excluding hydrogens is 402 g/mol. The highest BCUT2D eigenvalue weighted by molar-refractivity contribution is 7.10. The maximum atomic E-state index is 9.53. The number of benzene rings is 2. The lowest BCUT2D eigenvalue weighted by molar-refractivity contribution is 1.10. The number of nitriles is 2. The molecule has 0 unspecified atom stereocenters. The van der Waals surface area contributed by atoms with Crippen LogP contribution < -0.4 is 5.43 Å². The van der Waals surface area contributed by atoms with E-state index in [1.54, 1.807) is 0 Å². The minimum Gasteiger partial charge on any atom is -0.240 e. The molecule has 9 heteroatoms. The highest BCUT2D eigenvalue weighted by atomic mass is 32.1. The van der Waals surface area contributed by atoms with E-state index >= 15 is 0 Å². The minimum absolute atomic E-state index is 0.223. The summed E-state index contributed by atoms with van der Waals surface area (Å²) in [5.74, 6) is 0.540. The van der Waals surface area contributed by atoms with Crippen molar-refractivity contribution >= 4 is 34.7 Å². The Bertz CT molecular complexity index is 1250. The number of anilines is 1. The Hall–Kier alpha value is -3.92. The van der Waals surface area contributed by atoms with Crippen LogP contribution in [0.15, 0.2) is 71.0 Å². The van der Waals surface area contributed by atoms with Gasteiger partial charge >= 0.3 is 0 Å². The minimum atomic E-state index is 0.223. The smallest absolute Gasteiger partial charge is 0.207 e. The van der Waals surface area contributed by atoms with Crippen LogP contribution in [0.5, 0.6) is 0 Å². The standard InChI is InChI=1S/C20H11N7S2/c21-11-15-17(13-7-3-1-4-8-13)28-25-19(15)23-27-24-20-16(12-22)18(29-26-20)14-9-5-2-6-10-14/h1-10H,(H,23,24,25,26). The summed E-state index contributed by atoms with van der Waals surface area (Å²) in [5.41, 5.74) is 5.25. The van der Waals surface area contributed by atoms with Crippen LogP contribution in [0.3, 0.4) is 0 Å². The first-order valence-electron chi connectivity index (χ1n) is 8.39. The average Bonchev–Trinajstić information content (AvgIpc) is 3.38. The van der Waals surface area contributed by atoms with Crippen molar-refractivity contribution in [2.75, 3.05) is 5.43 Å². The van der Waals surface area contributed by atoms with Crippen LogP contribution in [-0.4, -0.2) is 8.75 Å². The maximum absolute atomic E-state index is 9.53. The SMILES string of the molecule is N#Cc1c(N=NNc2nsc(-c3ccccc3)c2C#N)nsc1-c1ccccc1. The van der Waals surface area contributed by atoms with Crippen LogP contribution in [0.2, 0.25) is 0 Å².